The Kier molecular flexibility index (Phi) is 20.6. The Morgan fingerprint density at radius 1 is 1.06 bits per heavy atom. The number of nitrogens with one attached hydrogen (secondary N) is 4. The monoisotopic (exact) mass is 654 g/mol. The number of esters is 1. The van der Waals surface area contributed by atoms with Gasteiger partial charge >= 0.3 is 12.0 Å². The maximum absolute atomic E-state index is 11.8. The Morgan fingerprint density at radius 3 is 2.17 bits per heavy atom. The second-order valence-corrected chi connectivity index (χ2v) is 12.1. The molecule has 1 unspecified atom stereocenters. The number of aromatic nitrogens is 1. The normalized spacial score (nSPS) is 11.0. The van der Waals surface area contributed by atoms with Crippen LogP contribution in [0.5, 0.6) is 0 Å². The highest BCUT2D eigenvalue weighted by molar-refractivity contribution is 5.92. The number of urea groups is 1. The summed E-state index contributed by atoms with van der Waals surface area (Å²) in [5, 5.41) is 10.7. The molecular weight excluding hydrogens is 600 g/mol. The fourth-order valence-electron chi connectivity index (χ4n) is 3.53. The largest absolute Gasteiger partial charge is 0.460 e. The van der Waals surface area contributed by atoms with Gasteiger partial charge in [0.1, 0.15) is 12.9 Å². The van der Waals surface area contributed by atoms with Gasteiger partial charge in [0.05, 0.1) is 18.0 Å². The number of aldehydes is 1. The third-order valence-electron chi connectivity index (χ3n) is 6.17. The van der Waals surface area contributed by atoms with Crippen LogP contribution in [0.3, 0.4) is 0 Å². The van der Waals surface area contributed by atoms with E-state index in [0.29, 0.717) is 19.4 Å². The first-order valence-corrected chi connectivity index (χ1v) is 15.6. The lowest BCUT2D eigenvalue weighted by Crippen LogP contribution is -2.39. The van der Waals surface area contributed by atoms with Gasteiger partial charge in [-0.2, -0.15) is 0 Å². The summed E-state index contributed by atoms with van der Waals surface area (Å²) in [6, 6.07) is 10.2. The minimum Gasteiger partial charge on any atom is -0.460 e. The Bertz CT molecular complexity index is 1290. The molecule has 12 nitrogen and oxygen atoms in total. The lowest BCUT2D eigenvalue weighted by molar-refractivity contribution is -0.154. The average Bonchev–Trinajstić information content (AvgIpc) is 3.00. The zero-order valence-electron chi connectivity index (χ0n) is 29.2. The van der Waals surface area contributed by atoms with Crippen molar-refractivity contribution in [2.45, 2.75) is 80.4 Å². The SMILES string of the molecule is C=Cc1cc(C)nc(CCC(=O)NC(C=O)C(C)C)c1.CCCNC(N)=O.CNCC(=O)Nc1ccc(COC(=O)C(C)(C)C)cc1. The van der Waals surface area contributed by atoms with Gasteiger partial charge in [0.2, 0.25) is 11.8 Å². The number of aryl methyl sites for hydroxylation is 2. The number of benzene rings is 1. The topological polar surface area (TPSA) is 182 Å². The van der Waals surface area contributed by atoms with E-state index < -0.39 is 17.5 Å². The maximum Gasteiger partial charge on any atom is 0.312 e. The minimum absolute atomic E-state index is 0.0978. The summed E-state index contributed by atoms with van der Waals surface area (Å²) in [6.07, 6.45) is 4.35. The van der Waals surface area contributed by atoms with Crippen LogP contribution in [0.25, 0.3) is 6.08 Å². The van der Waals surface area contributed by atoms with Crippen molar-refractivity contribution in [3.63, 3.8) is 0 Å². The van der Waals surface area contributed by atoms with E-state index >= 15 is 0 Å². The van der Waals surface area contributed by atoms with E-state index in [1.54, 1.807) is 25.3 Å². The van der Waals surface area contributed by atoms with Crippen molar-refractivity contribution in [3.8, 4) is 0 Å². The number of nitrogens with two attached hydrogens (primary N) is 1. The quantitative estimate of drug-likeness (QED) is 0.148. The molecule has 0 aliphatic rings. The molecule has 0 radical (unpaired) electrons. The molecule has 0 saturated carbocycles. The first kappa shape index (κ1) is 42.4. The van der Waals surface area contributed by atoms with Gasteiger partial charge in [-0.1, -0.05) is 45.6 Å². The van der Waals surface area contributed by atoms with E-state index in [-0.39, 0.29) is 36.9 Å². The number of carbonyl (C=O) groups is 5. The molecule has 1 aromatic heterocycles. The fourth-order valence-corrected chi connectivity index (χ4v) is 3.53. The molecule has 0 aliphatic carbocycles. The van der Waals surface area contributed by atoms with Crippen molar-refractivity contribution in [1.82, 2.24) is 20.9 Å². The highest BCUT2D eigenvalue weighted by atomic mass is 16.5. The lowest BCUT2D eigenvalue weighted by atomic mass is 9.97. The second-order valence-electron chi connectivity index (χ2n) is 12.1. The van der Waals surface area contributed by atoms with Crippen molar-refractivity contribution < 1.29 is 28.7 Å². The van der Waals surface area contributed by atoms with Gasteiger partial charge < -0.3 is 36.5 Å². The Balaban J connectivity index is 0.000000750. The molecule has 47 heavy (non-hydrogen) atoms. The summed E-state index contributed by atoms with van der Waals surface area (Å²) >= 11 is 0. The van der Waals surface area contributed by atoms with Crippen LogP contribution in [0.1, 0.15) is 76.9 Å². The predicted molar refractivity (Wildman–Crippen MR) is 186 cm³/mol. The molecule has 260 valence electrons. The molecule has 0 aliphatic heterocycles. The van der Waals surface area contributed by atoms with Crippen LogP contribution in [-0.4, -0.2) is 61.3 Å². The van der Waals surface area contributed by atoms with Gasteiger partial charge in [-0.3, -0.25) is 19.4 Å². The Hall–Kier alpha value is -4.58. The van der Waals surface area contributed by atoms with E-state index in [9.17, 15) is 24.0 Å². The number of primary amides is 1. The van der Waals surface area contributed by atoms with E-state index in [1.165, 1.54) is 0 Å². The number of amides is 4. The van der Waals surface area contributed by atoms with Crippen LogP contribution in [-0.2, 0) is 36.9 Å². The van der Waals surface area contributed by atoms with Crippen LogP contribution in [0.2, 0.25) is 0 Å². The smallest absolute Gasteiger partial charge is 0.312 e. The fraction of sp³-hybridized carbons (Fsp3) is 0.486. The molecule has 0 spiro atoms. The van der Waals surface area contributed by atoms with E-state index in [1.807, 2.05) is 72.7 Å². The Morgan fingerprint density at radius 2 is 1.70 bits per heavy atom. The molecule has 12 heteroatoms. The highest BCUT2D eigenvalue weighted by Crippen LogP contribution is 2.17. The molecule has 2 aromatic rings. The van der Waals surface area contributed by atoms with Crippen LogP contribution < -0.4 is 27.0 Å². The van der Waals surface area contributed by atoms with Crippen molar-refractivity contribution in [3.05, 3.63) is 65.5 Å². The van der Waals surface area contributed by atoms with Crippen molar-refractivity contribution in [2.24, 2.45) is 17.1 Å². The van der Waals surface area contributed by atoms with Gasteiger partial charge in [-0.15, -0.1) is 0 Å². The van der Waals surface area contributed by atoms with Gasteiger partial charge in [-0.05, 0) is 88.9 Å². The standard InChI is InChI=1S/C16H22N2O2.C15H22N2O3.C4H10N2O/c1-5-13-8-12(4)17-14(9-13)6-7-16(20)18-15(10-19)11(2)3;1-15(2,3)14(19)20-10-11-5-7-12(8-6-11)17-13(18)9-16-4;1-2-3-6-4(5)7/h5,8-11,15H,1,6-7H2,2-4H3,(H,18,20);5-8,16H,9-10H2,1-4H3,(H,17,18);2-3H2,1H3,(H3,5,6,7). The summed E-state index contributed by atoms with van der Waals surface area (Å²) in [4.78, 5) is 59.9. The lowest BCUT2D eigenvalue weighted by Gasteiger charge is -2.16. The summed E-state index contributed by atoms with van der Waals surface area (Å²) in [7, 11) is 1.71. The van der Waals surface area contributed by atoms with Gasteiger partial charge in [0, 0.05) is 30.0 Å². The van der Waals surface area contributed by atoms with Crippen molar-refractivity contribution in [2.75, 3.05) is 25.5 Å². The number of carbonyl (C=O) groups excluding carboxylic acids is 5. The van der Waals surface area contributed by atoms with E-state index in [0.717, 1.165) is 40.9 Å². The molecule has 4 amide bonds. The molecular formula is C35H54N6O6. The van der Waals surface area contributed by atoms with Gasteiger partial charge in [0.15, 0.2) is 0 Å². The summed E-state index contributed by atoms with van der Waals surface area (Å²) in [5.41, 5.74) is 8.60. The summed E-state index contributed by atoms with van der Waals surface area (Å²) in [5.74, 6) is -0.358. The summed E-state index contributed by atoms with van der Waals surface area (Å²) < 4.78 is 5.22. The number of hydrogen-bond acceptors (Lipinski definition) is 8. The number of nitrogens with zero attached hydrogens (tertiary/aromatic N) is 1. The molecule has 1 atom stereocenters. The number of likely N-dealkylation sites (N-methyl/N-ethyl adjacent to an activating group) is 1. The van der Waals surface area contributed by atoms with Gasteiger partial charge in [-0.25, -0.2) is 4.79 Å². The zero-order valence-corrected chi connectivity index (χ0v) is 29.2. The van der Waals surface area contributed by atoms with Crippen LogP contribution in [0.15, 0.2) is 43.0 Å². The van der Waals surface area contributed by atoms with Crippen LogP contribution in [0.4, 0.5) is 10.5 Å². The molecule has 2 rings (SSSR count). The first-order chi connectivity index (χ1) is 22.1. The minimum atomic E-state index is -0.499. The van der Waals surface area contributed by atoms with Crippen LogP contribution in [0, 0.1) is 18.3 Å². The number of rotatable bonds is 14. The first-order valence-electron chi connectivity index (χ1n) is 15.6. The number of ether oxygens (including phenoxy) is 1. The number of anilines is 1. The van der Waals surface area contributed by atoms with E-state index in [4.69, 9.17) is 10.5 Å². The Labute approximate surface area is 279 Å². The zero-order chi connectivity index (χ0) is 36.0. The second kappa shape index (κ2) is 22.8. The third-order valence-corrected chi connectivity index (χ3v) is 6.17. The molecule has 1 heterocycles. The molecule has 1 aromatic carbocycles. The van der Waals surface area contributed by atoms with E-state index in [2.05, 4.69) is 32.8 Å². The number of hydrogen-bond donors (Lipinski definition) is 5. The maximum atomic E-state index is 11.8. The van der Waals surface area contributed by atoms with Gasteiger partial charge in [0.25, 0.3) is 0 Å². The third kappa shape index (κ3) is 20.2. The van der Waals surface area contributed by atoms with Crippen LogP contribution >= 0.6 is 0 Å². The van der Waals surface area contributed by atoms with Crippen molar-refractivity contribution in [1.29, 1.82) is 0 Å². The molecule has 6 N–H and O–H groups in total. The summed E-state index contributed by atoms with van der Waals surface area (Å²) in [6.45, 7) is 18.0. The molecule has 0 bridgehead atoms. The molecule has 0 saturated heterocycles. The number of pyridine rings is 1. The highest BCUT2D eigenvalue weighted by Gasteiger charge is 2.22. The molecule has 0 fully saturated rings. The average molecular weight is 655 g/mol. The van der Waals surface area contributed by atoms with Crippen molar-refractivity contribution >= 4 is 41.9 Å². The predicted octanol–water partition coefficient (Wildman–Crippen LogP) is 4.30.